The van der Waals surface area contributed by atoms with Crippen molar-refractivity contribution in [2.45, 2.75) is 13.8 Å². The van der Waals surface area contributed by atoms with Gasteiger partial charge in [-0.25, -0.2) is 0 Å². The molecule has 0 unspecified atom stereocenters. The first-order chi connectivity index (χ1) is 5.61. The summed E-state index contributed by atoms with van der Waals surface area (Å²) in [6.45, 7) is 3.70. The Balaban J connectivity index is 2.96. The first-order valence-corrected chi connectivity index (χ1v) is 3.70. The third kappa shape index (κ3) is 2.00. The Morgan fingerprint density at radius 3 is 2.08 bits per heavy atom. The van der Waals surface area contributed by atoms with Crippen LogP contribution in [0.15, 0.2) is 18.2 Å². The Kier molecular flexibility index (Phi) is 2.73. The average Bonchev–Trinajstić information content (AvgIpc) is 1.97. The molecule has 0 aliphatic rings. The number of hydrogen-bond acceptors (Lipinski definition) is 3. The Hall–Kier alpha value is -0.995. The molecule has 0 spiro atoms. The number of benzene rings is 1. The number of aryl methyl sites for hydroxylation is 2. The van der Waals surface area contributed by atoms with Crippen LogP contribution in [-0.4, -0.2) is 17.4 Å². The van der Waals surface area contributed by atoms with Crippen molar-refractivity contribution in [1.82, 2.24) is 0 Å². The number of hydrogen-bond donors (Lipinski definition) is 2. The molecule has 1 rings (SSSR count). The van der Waals surface area contributed by atoms with Gasteiger partial charge in [0, 0.05) is 0 Å². The summed E-state index contributed by atoms with van der Waals surface area (Å²) >= 11 is 0. The van der Waals surface area contributed by atoms with Crippen LogP contribution in [0.4, 0.5) is 0 Å². The molecule has 0 saturated carbocycles. The molecule has 12 heavy (non-hydrogen) atoms. The third-order valence-corrected chi connectivity index (χ3v) is 1.63. The van der Waals surface area contributed by atoms with Crippen molar-refractivity contribution < 1.29 is 14.7 Å². The van der Waals surface area contributed by atoms with Crippen molar-refractivity contribution in [2.24, 2.45) is 0 Å². The second-order valence-electron chi connectivity index (χ2n) is 2.67. The monoisotopic (exact) mass is 166 g/mol. The fourth-order valence-electron chi connectivity index (χ4n) is 1.09. The second kappa shape index (κ2) is 3.60. The van der Waals surface area contributed by atoms with Crippen LogP contribution in [0, 0.1) is 13.8 Å². The van der Waals surface area contributed by atoms with Gasteiger partial charge < -0.3 is 14.7 Å². The molecule has 0 heterocycles. The van der Waals surface area contributed by atoms with Gasteiger partial charge in [0.05, 0.1) is 0 Å². The minimum absolute atomic E-state index is 0.535. The lowest BCUT2D eigenvalue weighted by molar-refractivity contribution is 0.286. The molecule has 4 heteroatoms. The van der Waals surface area contributed by atoms with Crippen molar-refractivity contribution in [3.05, 3.63) is 29.3 Å². The number of rotatable bonds is 2. The van der Waals surface area contributed by atoms with Crippen LogP contribution in [0.1, 0.15) is 11.1 Å². The largest absolute Gasteiger partial charge is 0.707 e. The van der Waals surface area contributed by atoms with E-state index in [9.17, 15) is 0 Å². The second-order valence-corrected chi connectivity index (χ2v) is 2.67. The lowest BCUT2D eigenvalue weighted by Crippen LogP contribution is -2.21. The summed E-state index contributed by atoms with van der Waals surface area (Å²) in [6.07, 6.45) is 0. The predicted octanol–water partition coefficient (Wildman–Crippen LogP) is 0.652. The van der Waals surface area contributed by atoms with Crippen molar-refractivity contribution >= 4 is 7.32 Å². The molecular weight excluding hydrogens is 155 g/mol. The zero-order valence-electron chi connectivity index (χ0n) is 7.11. The molecule has 64 valence electrons. The molecule has 0 aliphatic carbocycles. The quantitative estimate of drug-likeness (QED) is 0.634. The average molecular weight is 166 g/mol. The first-order valence-electron chi connectivity index (χ1n) is 3.70. The van der Waals surface area contributed by atoms with E-state index < -0.39 is 7.32 Å². The molecule has 0 saturated heterocycles. The van der Waals surface area contributed by atoms with Gasteiger partial charge in [-0.3, -0.25) is 0 Å². The topological polar surface area (TPSA) is 49.7 Å². The van der Waals surface area contributed by atoms with E-state index in [0.29, 0.717) is 5.75 Å². The highest BCUT2D eigenvalue weighted by atomic mass is 16.6. The first kappa shape index (κ1) is 9.10. The fraction of sp³-hybridized carbons (Fsp3) is 0.250. The van der Waals surface area contributed by atoms with E-state index in [-0.39, 0.29) is 0 Å². The molecule has 0 amide bonds. The standard InChI is InChI=1S/C8H11BO3/c1-6-4-3-5-7(2)8(6)12-9(10)11/h3-5,10-11H,1-2H3. The van der Waals surface area contributed by atoms with E-state index >= 15 is 0 Å². The molecule has 1 aromatic carbocycles. The van der Waals surface area contributed by atoms with Gasteiger partial charge in [0.15, 0.2) is 0 Å². The zero-order valence-corrected chi connectivity index (χ0v) is 7.11. The van der Waals surface area contributed by atoms with Gasteiger partial charge in [0.1, 0.15) is 5.75 Å². The van der Waals surface area contributed by atoms with E-state index in [4.69, 9.17) is 14.7 Å². The highest BCUT2D eigenvalue weighted by molar-refractivity contribution is 6.33. The van der Waals surface area contributed by atoms with E-state index in [1.165, 1.54) is 0 Å². The smallest absolute Gasteiger partial charge is 0.512 e. The van der Waals surface area contributed by atoms with Gasteiger partial charge >= 0.3 is 7.32 Å². The normalized spacial score (nSPS) is 9.67. The van der Waals surface area contributed by atoms with Crippen LogP contribution >= 0.6 is 0 Å². The highest BCUT2D eigenvalue weighted by Crippen LogP contribution is 2.22. The minimum atomic E-state index is -1.75. The zero-order chi connectivity index (χ0) is 9.14. The van der Waals surface area contributed by atoms with E-state index in [1.807, 2.05) is 32.0 Å². The predicted molar refractivity (Wildman–Crippen MR) is 46.7 cm³/mol. The molecule has 0 aromatic heterocycles. The molecule has 0 radical (unpaired) electrons. The molecule has 0 fully saturated rings. The molecule has 3 nitrogen and oxygen atoms in total. The van der Waals surface area contributed by atoms with Gasteiger partial charge in [0.25, 0.3) is 0 Å². The molecule has 2 N–H and O–H groups in total. The summed E-state index contributed by atoms with van der Waals surface area (Å²) in [5.74, 6) is 0.535. The summed E-state index contributed by atoms with van der Waals surface area (Å²) < 4.78 is 4.79. The summed E-state index contributed by atoms with van der Waals surface area (Å²) in [6, 6.07) is 5.59. The van der Waals surface area contributed by atoms with Crippen LogP contribution in [0.5, 0.6) is 5.75 Å². The minimum Gasteiger partial charge on any atom is -0.512 e. The van der Waals surface area contributed by atoms with E-state index in [0.717, 1.165) is 11.1 Å². The summed E-state index contributed by atoms with van der Waals surface area (Å²) in [5, 5.41) is 17.2. The number of para-hydroxylation sites is 1. The van der Waals surface area contributed by atoms with Crippen LogP contribution in [-0.2, 0) is 0 Å². The molecule has 0 aliphatic heterocycles. The lowest BCUT2D eigenvalue weighted by Gasteiger charge is -2.10. The summed E-state index contributed by atoms with van der Waals surface area (Å²) in [5.41, 5.74) is 1.78. The molecular formula is C8H11BO3. The Morgan fingerprint density at radius 1 is 1.17 bits per heavy atom. The SMILES string of the molecule is Cc1cccc(C)c1OB(O)O. The fourth-order valence-corrected chi connectivity index (χ4v) is 1.09. The van der Waals surface area contributed by atoms with Gasteiger partial charge in [-0.1, -0.05) is 18.2 Å². The molecule has 0 atom stereocenters. The van der Waals surface area contributed by atoms with Crippen LogP contribution in [0.2, 0.25) is 0 Å². The third-order valence-electron chi connectivity index (χ3n) is 1.63. The van der Waals surface area contributed by atoms with Gasteiger partial charge in [-0.2, -0.15) is 0 Å². The van der Waals surface area contributed by atoms with Crippen molar-refractivity contribution in [2.75, 3.05) is 0 Å². The maximum Gasteiger partial charge on any atom is 0.707 e. The van der Waals surface area contributed by atoms with Crippen molar-refractivity contribution in [3.63, 3.8) is 0 Å². The van der Waals surface area contributed by atoms with Gasteiger partial charge in [0.2, 0.25) is 0 Å². The van der Waals surface area contributed by atoms with Gasteiger partial charge in [-0.15, -0.1) is 0 Å². The summed E-state index contributed by atoms with van der Waals surface area (Å²) in [4.78, 5) is 0. The summed E-state index contributed by atoms with van der Waals surface area (Å²) in [7, 11) is -1.75. The van der Waals surface area contributed by atoms with Crippen LogP contribution < -0.4 is 4.65 Å². The Labute approximate surface area is 71.8 Å². The van der Waals surface area contributed by atoms with E-state index in [1.54, 1.807) is 0 Å². The molecule has 1 aromatic rings. The Morgan fingerprint density at radius 2 is 1.67 bits per heavy atom. The van der Waals surface area contributed by atoms with Crippen molar-refractivity contribution in [1.29, 1.82) is 0 Å². The van der Waals surface area contributed by atoms with Crippen molar-refractivity contribution in [3.8, 4) is 5.75 Å². The van der Waals surface area contributed by atoms with Crippen LogP contribution in [0.25, 0.3) is 0 Å². The lowest BCUT2D eigenvalue weighted by atomic mass is 10.1. The molecule has 0 bridgehead atoms. The van der Waals surface area contributed by atoms with Gasteiger partial charge in [-0.05, 0) is 25.0 Å². The maximum atomic E-state index is 8.59. The van der Waals surface area contributed by atoms with E-state index in [2.05, 4.69) is 0 Å². The van der Waals surface area contributed by atoms with Crippen LogP contribution in [0.3, 0.4) is 0 Å². The highest BCUT2D eigenvalue weighted by Gasteiger charge is 2.13. The maximum absolute atomic E-state index is 8.59. The Bertz CT molecular complexity index is 253.